The first kappa shape index (κ1) is 10.8. The van der Waals surface area contributed by atoms with Gasteiger partial charge in [-0.2, -0.15) is 0 Å². The molecule has 0 radical (unpaired) electrons. The summed E-state index contributed by atoms with van der Waals surface area (Å²) < 4.78 is 0. The minimum absolute atomic E-state index is 0.0394. The van der Waals surface area contributed by atoms with Gasteiger partial charge in [0.2, 0.25) is 0 Å². The molecule has 0 saturated carbocycles. The lowest BCUT2D eigenvalue weighted by Crippen LogP contribution is -2.47. The minimum atomic E-state index is -0.915. The zero-order chi connectivity index (χ0) is 10.7. The molecule has 2 amide bonds. The second kappa shape index (κ2) is 4.30. The molecule has 2 N–H and O–H groups in total. The van der Waals surface area contributed by atoms with E-state index in [1.165, 1.54) is 4.90 Å². The fourth-order valence-corrected chi connectivity index (χ4v) is 1.60. The van der Waals surface area contributed by atoms with Gasteiger partial charge in [-0.3, -0.25) is 0 Å². The van der Waals surface area contributed by atoms with Gasteiger partial charge in [-0.25, -0.2) is 9.59 Å². The van der Waals surface area contributed by atoms with Gasteiger partial charge in [0.25, 0.3) is 0 Å². The average molecular weight is 200 g/mol. The fourth-order valence-electron chi connectivity index (χ4n) is 1.60. The first-order chi connectivity index (χ1) is 6.52. The van der Waals surface area contributed by atoms with Crippen LogP contribution >= 0.6 is 0 Å². The predicted molar refractivity (Wildman–Crippen MR) is 51.0 cm³/mol. The molecule has 80 valence electrons. The minimum Gasteiger partial charge on any atom is -0.480 e. The van der Waals surface area contributed by atoms with Crippen LogP contribution in [-0.2, 0) is 4.79 Å². The number of nitrogens with one attached hydrogen (secondary N) is 1. The number of nitrogens with zero attached hydrogens (tertiary/aromatic N) is 1. The summed E-state index contributed by atoms with van der Waals surface area (Å²) in [5.74, 6) is -0.915. The summed E-state index contributed by atoms with van der Waals surface area (Å²) in [6.45, 7) is 4.24. The summed E-state index contributed by atoms with van der Waals surface area (Å²) in [5.41, 5.74) is 0. The lowest BCUT2D eigenvalue weighted by molar-refractivity contribution is -0.141. The molecule has 0 aromatic heterocycles. The molecule has 5 nitrogen and oxygen atoms in total. The summed E-state index contributed by atoms with van der Waals surface area (Å²) in [6, 6.07) is -0.879. The fraction of sp³-hybridized carbons (Fsp3) is 0.778. The van der Waals surface area contributed by atoms with Crippen LogP contribution in [-0.4, -0.2) is 40.6 Å². The first-order valence-corrected chi connectivity index (χ1v) is 4.82. The van der Waals surface area contributed by atoms with Crippen molar-refractivity contribution < 1.29 is 14.7 Å². The van der Waals surface area contributed by atoms with Crippen molar-refractivity contribution in [3.05, 3.63) is 0 Å². The van der Waals surface area contributed by atoms with Crippen LogP contribution in [0.2, 0.25) is 0 Å². The smallest absolute Gasteiger partial charge is 0.326 e. The second-order valence-electron chi connectivity index (χ2n) is 3.79. The molecule has 14 heavy (non-hydrogen) atoms. The van der Waals surface area contributed by atoms with Gasteiger partial charge in [-0.1, -0.05) is 0 Å². The normalized spacial score (nSPS) is 21.4. The molecule has 0 aromatic carbocycles. The molecular weight excluding hydrogens is 184 g/mol. The number of carboxylic acid groups (broad SMARTS) is 1. The number of hydrogen-bond donors (Lipinski definition) is 2. The van der Waals surface area contributed by atoms with Crippen LogP contribution < -0.4 is 5.32 Å². The van der Waals surface area contributed by atoms with Crippen molar-refractivity contribution in [2.75, 3.05) is 6.54 Å². The first-order valence-electron chi connectivity index (χ1n) is 4.82. The molecule has 0 bridgehead atoms. The summed E-state index contributed by atoms with van der Waals surface area (Å²) in [4.78, 5) is 23.7. The van der Waals surface area contributed by atoms with Gasteiger partial charge < -0.3 is 15.3 Å². The number of aliphatic carboxylic acids is 1. The molecule has 1 aliphatic heterocycles. The lowest BCUT2D eigenvalue weighted by Gasteiger charge is -2.23. The van der Waals surface area contributed by atoms with Crippen molar-refractivity contribution in [1.29, 1.82) is 0 Å². The highest BCUT2D eigenvalue weighted by Gasteiger charge is 2.33. The van der Waals surface area contributed by atoms with E-state index in [1.54, 1.807) is 0 Å². The van der Waals surface area contributed by atoms with Crippen LogP contribution in [0.25, 0.3) is 0 Å². The van der Waals surface area contributed by atoms with E-state index >= 15 is 0 Å². The lowest BCUT2D eigenvalue weighted by atomic mass is 10.2. The number of rotatable bonds is 2. The van der Waals surface area contributed by atoms with E-state index in [0.717, 1.165) is 6.42 Å². The number of amides is 2. The number of carbonyl (C=O) groups is 2. The SMILES string of the molecule is CC(C)NC(=O)N1CCC[C@H]1C(=O)O. The highest BCUT2D eigenvalue weighted by Crippen LogP contribution is 2.17. The van der Waals surface area contributed by atoms with Crippen molar-refractivity contribution in [2.24, 2.45) is 0 Å². The van der Waals surface area contributed by atoms with Crippen molar-refractivity contribution in [3.63, 3.8) is 0 Å². The van der Waals surface area contributed by atoms with Gasteiger partial charge >= 0.3 is 12.0 Å². The molecular formula is C9H16N2O3. The van der Waals surface area contributed by atoms with Gasteiger partial charge in [-0.15, -0.1) is 0 Å². The maximum absolute atomic E-state index is 11.5. The number of hydrogen-bond acceptors (Lipinski definition) is 2. The Balaban J connectivity index is 2.58. The Morgan fingerprint density at radius 3 is 2.64 bits per heavy atom. The molecule has 0 aromatic rings. The molecule has 1 fully saturated rings. The molecule has 1 rings (SSSR count). The standard InChI is InChI=1S/C9H16N2O3/c1-6(2)10-9(14)11-5-3-4-7(11)8(12)13/h6-7H,3-5H2,1-2H3,(H,10,14)(H,12,13)/t7-/m0/s1. The van der Waals surface area contributed by atoms with Crippen molar-refractivity contribution in [3.8, 4) is 0 Å². The number of likely N-dealkylation sites (tertiary alicyclic amines) is 1. The highest BCUT2D eigenvalue weighted by molar-refractivity contribution is 5.83. The summed E-state index contributed by atoms with van der Waals surface area (Å²) in [7, 11) is 0. The maximum Gasteiger partial charge on any atom is 0.326 e. The molecule has 5 heteroatoms. The van der Waals surface area contributed by atoms with Crippen LogP contribution in [0.1, 0.15) is 26.7 Å². The quantitative estimate of drug-likeness (QED) is 0.687. The summed E-state index contributed by atoms with van der Waals surface area (Å²) in [5, 5.41) is 11.5. The number of carbonyl (C=O) groups excluding carboxylic acids is 1. The predicted octanol–water partition coefficient (Wildman–Crippen LogP) is 0.653. The van der Waals surface area contributed by atoms with Crippen molar-refractivity contribution in [1.82, 2.24) is 10.2 Å². The third-order valence-electron chi connectivity index (χ3n) is 2.21. The largest absolute Gasteiger partial charge is 0.480 e. The highest BCUT2D eigenvalue weighted by atomic mass is 16.4. The van der Waals surface area contributed by atoms with Crippen molar-refractivity contribution in [2.45, 2.75) is 38.8 Å². The molecule has 1 heterocycles. The van der Waals surface area contributed by atoms with Crippen molar-refractivity contribution >= 4 is 12.0 Å². The van der Waals surface area contributed by atoms with Gasteiger partial charge in [0.05, 0.1) is 0 Å². The second-order valence-corrected chi connectivity index (χ2v) is 3.79. The van der Waals surface area contributed by atoms with Crippen LogP contribution in [0, 0.1) is 0 Å². The molecule has 0 aliphatic carbocycles. The molecule has 1 aliphatic rings. The molecule has 0 unspecified atom stereocenters. The van der Waals surface area contributed by atoms with E-state index in [9.17, 15) is 9.59 Å². The molecule has 0 spiro atoms. The molecule has 1 atom stereocenters. The van der Waals surface area contributed by atoms with E-state index in [0.29, 0.717) is 13.0 Å². The Morgan fingerprint density at radius 1 is 1.50 bits per heavy atom. The van der Waals surface area contributed by atoms with Crippen LogP contribution in [0.15, 0.2) is 0 Å². The van der Waals surface area contributed by atoms with E-state index in [2.05, 4.69) is 5.32 Å². The van der Waals surface area contributed by atoms with E-state index in [1.807, 2.05) is 13.8 Å². The molecule has 1 saturated heterocycles. The monoisotopic (exact) mass is 200 g/mol. The average Bonchev–Trinajstić information content (AvgIpc) is 2.49. The zero-order valence-electron chi connectivity index (χ0n) is 8.49. The van der Waals surface area contributed by atoms with Crippen LogP contribution in [0.4, 0.5) is 4.79 Å². The van der Waals surface area contributed by atoms with E-state index < -0.39 is 12.0 Å². The third kappa shape index (κ3) is 2.37. The van der Waals surface area contributed by atoms with Gasteiger partial charge in [-0.05, 0) is 26.7 Å². The van der Waals surface area contributed by atoms with Gasteiger partial charge in [0, 0.05) is 12.6 Å². The number of urea groups is 1. The maximum atomic E-state index is 11.5. The summed E-state index contributed by atoms with van der Waals surface area (Å²) >= 11 is 0. The topological polar surface area (TPSA) is 69.6 Å². The number of carboxylic acids is 1. The summed E-state index contributed by atoms with van der Waals surface area (Å²) in [6.07, 6.45) is 1.32. The Morgan fingerprint density at radius 2 is 2.14 bits per heavy atom. The van der Waals surface area contributed by atoms with Gasteiger partial charge in [0.15, 0.2) is 0 Å². The van der Waals surface area contributed by atoms with E-state index in [4.69, 9.17) is 5.11 Å². The Labute approximate surface area is 83.1 Å². The van der Waals surface area contributed by atoms with E-state index in [-0.39, 0.29) is 12.1 Å². The van der Waals surface area contributed by atoms with Crippen LogP contribution in [0.5, 0.6) is 0 Å². The zero-order valence-corrected chi connectivity index (χ0v) is 8.49. The van der Waals surface area contributed by atoms with Gasteiger partial charge in [0.1, 0.15) is 6.04 Å². The Kier molecular flexibility index (Phi) is 3.33. The van der Waals surface area contributed by atoms with Crippen LogP contribution in [0.3, 0.4) is 0 Å². The Hall–Kier alpha value is -1.26. The third-order valence-corrected chi connectivity index (χ3v) is 2.21. The Bertz CT molecular complexity index is 240.